The van der Waals surface area contributed by atoms with E-state index in [1.165, 1.54) is 31.2 Å². The predicted molar refractivity (Wildman–Crippen MR) is 64.1 cm³/mol. The minimum Gasteiger partial charge on any atom is -0.0985 e. The molecule has 1 aromatic carbocycles. The van der Waals surface area contributed by atoms with E-state index in [1.807, 2.05) is 36.4 Å². The van der Waals surface area contributed by atoms with Crippen molar-refractivity contribution in [2.75, 3.05) is 0 Å². The molecule has 0 atom stereocenters. The summed E-state index contributed by atoms with van der Waals surface area (Å²) in [7, 11) is 0. The Kier molecular flexibility index (Phi) is 5.49. The lowest BCUT2D eigenvalue weighted by atomic mass is 10.1. The Morgan fingerprint density at radius 3 is 1.79 bits per heavy atom. The molecule has 0 N–H and O–H groups in total. The molecule has 1 aromatic rings. The van der Waals surface area contributed by atoms with Gasteiger partial charge in [0.25, 0.3) is 0 Å². The average Bonchev–Trinajstić information content (AvgIpc) is 2.33. The van der Waals surface area contributed by atoms with Crippen molar-refractivity contribution in [3.8, 4) is 0 Å². The summed E-state index contributed by atoms with van der Waals surface area (Å²) in [5.74, 6) is 0. The van der Waals surface area contributed by atoms with Crippen LogP contribution in [0.5, 0.6) is 0 Å². The molecule has 0 radical (unpaired) electrons. The van der Waals surface area contributed by atoms with Gasteiger partial charge in [-0.15, -0.1) is 0 Å². The number of benzene rings is 1. The van der Waals surface area contributed by atoms with Crippen molar-refractivity contribution in [3.05, 3.63) is 54.6 Å². The van der Waals surface area contributed by atoms with Gasteiger partial charge < -0.3 is 0 Å². The molecule has 1 aliphatic rings. The SMILES string of the molecule is C1=CCCCC1.C=Cc1ccccc1. The summed E-state index contributed by atoms with van der Waals surface area (Å²) in [5.41, 5.74) is 1.17. The largest absolute Gasteiger partial charge is 0.0985 e. The van der Waals surface area contributed by atoms with E-state index in [1.54, 1.807) is 0 Å². The summed E-state index contributed by atoms with van der Waals surface area (Å²) >= 11 is 0. The van der Waals surface area contributed by atoms with E-state index in [-0.39, 0.29) is 0 Å². The normalized spacial score (nSPS) is 14.0. The van der Waals surface area contributed by atoms with Gasteiger partial charge in [-0.1, -0.05) is 55.1 Å². The minimum atomic E-state index is 1.17. The molecular formula is C14H18. The predicted octanol–water partition coefficient (Wildman–Crippen LogP) is 4.45. The number of allylic oxidation sites excluding steroid dienone is 2. The van der Waals surface area contributed by atoms with Crippen LogP contribution in [0, 0.1) is 0 Å². The van der Waals surface area contributed by atoms with Crippen LogP contribution in [0.25, 0.3) is 6.08 Å². The quantitative estimate of drug-likeness (QED) is 0.568. The topological polar surface area (TPSA) is 0 Å². The third kappa shape index (κ3) is 4.66. The van der Waals surface area contributed by atoms with Gasteiger partial charge >= 0.3 is 0 Å². The molecule has 0 unspecified atom stereocenters. The smallest absolute Gasteiger partial charge is 0.0263 e. The van der Waals surface area contributed by atoms with Gasteiger partial charge in [0.15, 0.2) is 0 Å². The van der Waals surface area contributed by atoms with Gasteiger partial charge in [-0.05, 0) is 31.2 Å². The van der Waals surface area contributed by atoms with Crippen LogP contribution in [0.1, 0.15) is 31.2 Å². The van der Waals surface area contributed by atoms with E-state index in [2.05, 4.69) is 18.7 Å². The van der Waals surface area contributed by atoms with Crippen LogP contribution in [-0.2, 0) is 0 Å². The van der Waals surface area contributed by atoms with Gasteiger partial charge in [-0.25, -0.2) is 0 Å². The maximum Gasteiger partial charge on any atom is -0.0263 e. The van der Waals surface area contributed by atoms with Gasteiger partial charge in [0, 0.05) is 0 Å². The summed E-state index contributed by atoms with van der Waals surface area (Å²) in [6, 6.07) is 10.0. The van der Waals surface area contributed by atoms with Gasteiger partial charge in [0.05, 0.1) is 0 Å². The average molecular weight is 186 g/mol. The zero-order valence-electron chi connectivity index (χ0n) is 8.65. The molecule has 0 saturated carbocycles. The highest BCUT2D eigenvalue weighted by Gasteiger charge is 1.87. The first-order valence-corrected chi connectivity index (χ1v) is 5.26. The Labute approximate surface area is 87.0 Å². The summed E-state index contributed by atoms with van der Waals surface area (Å²) in [4.78, 5) is 0. The second kappa shape index (κ2) is 7.14. The van der Waals surface area contributed by atoms with Crippen LogP contribution in [-0.4, -0.2) is 0 Å². The minimum absolute atomic E-state index is 1.17. The lowest BCUT2D eigenvalue weighted by Gasteiger charge is -1.97. The van der Waals surface area contributed by atoms with Gasteiger partial charge in [-0.2, -0.15) is 0 Å². The third-order valence-electron chi connectivity index (χ3n) is 2.19. The van der Waals surface area contributed by atoms with Crippen molar-refractivity contribution in [1.29, 1.82) is 0 Å². The fraction of sp³-hybridized carbons (Fsp3) is 0.286. The van der Waals surface area contributed by atoms with E-state index in [0.717, 1.165) is 0 Å². The Morgan fingerprint density at radius 1 is 0.929 bits per heavy atom. The molecule has 0 heterocycles. The highest BCUT2D eigenvalue weighted by atomic mass is 13.9. The Morgan fingerprint density at radius 2 is 1.50 bits per heavy atom. The summed E-state index contributed by atoms with van der Waals surface area (Å²) in [5, 5.41) is 0. The van der Waals surface area contributed by atoms with E-state index in [9.17, 15) is 0 Å². The highest BCUT2D eigenvalue weighted by molar-refractivity contribution is 5.45. The third-order valence-corrected chi connectivity index (χ3v) is 2.19. The first kappa shape index (κ1) is 10.8. The van der Waals surface area contributed by atoms with E-state index < -0.39 is 0 Å². The van der Waals surface area contributed by atoms with E-state index >= 15 is 0 Å². The number of rotatable bonds is 1. The monoisotopic (exact) mass is 186 g/mol. The lowest BCUT2D eigenvalue weighted by molar-refractivity contribution is 0.730. The van der Waals surface area contributed by atoms with E-state index in [0.29, 0.717) is 0 Å². The van der Waals surface area contributed by atoms with Crippen molar-refractivity contribution < 1.29 is 0 Å². The zero-order chi connectivity index (χ0) is 10.1. The van der Waals surface area contributed by atoms with Crippen molar-refractivity contribution in [1.82, 2.24) is 0 Å². The van der Waals surface area contributed by atoms with Gasteiger partial charge in [0.2, 0.25) is 0 Å². The Balaban J connectivity index is 0.000000146. The fourth-order valence-corrected chi connectivity index (χ4v) is 1.35. The molecule has 0 heteroatoms. The Hall–Kier alpha value is -1.30. The van der Waals surface area contributed by atoms with Crippen LogP contribution in [0.15, 0.2) is 49.1 Å². The first-order valence-electron chi connectivity index (χ1n) is 5.26. The molecule has 74 valence electrons. The Bertz CT molecular complexity index is 261. The highest BCUT2D eigenvalue weighted by Crippen LogP contribution is 2.07. The molecule has 2 rings (SSSR count). The molecule has 1 aliphatic carbocycles. The summed E-state index contributed by atoms with van der Waals surface area (Å²) < 4.78 is 0. The van der Waals surface area contributed by atoms with Crippen LogP contribution < -0.4 is 0 Å². The molecule has 0 nitrogen and oxygen atoms in total. The fourth-order valence-electron chi connectivity index (χ4n) is 1.35. The molecule has 0 aliphatic heterocycles. The lowest BCUT2D eigenvalue weighted by Crippen LogP contribution is -1.77. The van der Waals surface area contributed by atoms with Crippen molar-refractivity contribution in [2.45, 2.75) is 25.7 Å². The summed E-state index contributed by atoms with van der Waals surface area (Å²) in [6.45, 7) is 3.63. The van der Waals surface area contributed by atoms with Crippen molar-refractivity contribution in [3.63, 3.8) is 0 Å². The molecule has 0 bridgehead atoms. The maximum atomic E-state index is 3.63. The van der Waals surface area contributed by atoms with Crippen molar-refractivity contribution in [2.24, 2.45) is 0 Å². The number of hydrogen-bond donors (Lipinski definition) is 0. The molecule has 0 amide bonds. The molecule has 0 saturated heterocycles. The maximum absolute atomic E-state index is 3.63. The summed E-state index contributed by atoms with van der Waals surface area (Å²) in [6.07, 6.45) is 11.8. The molecule has 0 fully saturated rings. The molecule has 0 aromatic heterocycles. The molecular weight excluding hydrogens is 168 g/mol. The second-order valence-corrected chi connectivity index (χ2v) is 3.37. The van der Waals surface area contributed by atoms with Gasteiger partial charge in [0.1, 0.15) is 0 Å². The van der Waals surface area contributed by atoms with Crippen molar-refractivity contribution >= 4 is 6.08 Å². The van der Waals surface area contributed by atoms with Gasteiger partial charge in [-0.3, -0.25) is 0 Å². The molecule has 0 spiro atoms. The van der Waals surface area contributed by atoms with Crippen LogP contribution in [0.4, 0.5) is 0 Å². The zero-order valence-corrected chi connectivity index (χ0v) is 8.65. The standard InChI is InChI=1S/C8H8.C6H10/c1-2-8-6-4-3-5-7-8;1-2-4-6-5-3-1/h2-7H,1H2;1-2H,3-6H2. The number of hydrogen-bond acceptors (Lipinski definition) is 0. The second-order valence-electron chi connectivity index (χ2n) is 3.37. The first-order chi connectivity index (χ1) is 6.93. The van der Waals surface area contributed by atoms with Crippen LogP contribution in [0.2, 0.25) is 0 Å². The van der Waals surface area contributed by atoms with Crippen LogP contribution >= 0.6 is 0 Å². The molecule has 14 heavy (non-hydrogen) atoms. The van der Waals surface area contributed by atoms with E-state index in [4.69, 9.17) is 0 Å². The van der Waals surface area contributed by atoms with Crippen LogP contribution in [0.3, 0.4) is 0 Å².